The molecule has 2 aromatic rings. The zero-order valence-electron chi connectivity index (χ0n) is 14.9. The van der Waals surface area contributed by atoms with Gasteiger partial charge in [0.25, 0.3) is 0 Å². The molecule has 1 aromatic heterocycles. The van der Waals surface area contributed by atoms with E-state index < -0.39 is 0 Å². The number of aromatic nitrogens is 3. The summed E-state index contributed by atoms with van der Waals surface area (Å²) in [7, 11) is 3.22. The Kier molecular flexibility index (Phi) is 5.49. The van der Waals surface area contributed by atoms with Gasteiger partial charge >= 0.3 is 0 Å². The zero-order valence-corrected chi connectivity index (χ0v) is 14.9. The van der Waals surface area contributed by atoms with E-state index in [1.165, 1.54) is 0 Å². The van der Waals surface area contributed by atoms with Gasteiger partial charge in [0.15, 0.2) is 17.3 Å². The van der Waals surface area contributed by atoms with E-state index in [1.54, 1.807) is 20.4 Å². The molecule has 8 heteroatoms. The summed E-state index contributed by atoms with van der Waals surface area (Å²) < 4.78 is 10.6. The van der Waals surface area contributed by atoms with Crippen molar-refractivity contribution in [1.29, 1.82) is 0 Å². The van der Waals surface area contributed by atoms with E-state index in [0.29, 0.717) is 17.4 Å². The number of anilines is 3. The highest BCUT2D eigenvalue weighted by molar-refractivity contribution is 5.60. The maximum absolute atomic E-state index is 5.32. The van der Waals surface area contributed by atoms with Crippen molar-refractivity contribution in [3.05, 3.63) is 24.4 Å². The number of benzene rings is 1. The van der Waals surface area contributed by atoms with Crippen LogP contribution in [0.5, 0.6) is 11.5 Å². The summed E-state index contributed by atoms with van der Waals surface area (Å²) in [5, 5.41) is 11.3. The van der Waals surface area contributed by atoms with Gasteiger partial charge in [-0.3, -0.25) is 0 Å². The number of rotatable bonds is 6. The summed E-state index contributed by atoms with van der Waals surface area (Å²) in [5.74, 6) is 2.62. The van der Waals surface area contributed by atoms with Crippen LogP contribution in [0.1, 0.15) is 6.92 Å². The Labute approximate surface area is 147 Å². The third-order valence-corrected chi connectivity index (χ3v) is 4.33. The van der Waals surface area contributed by atoms with E-state index in [9.17, 15) is 0 Å². The molecule has 1 saturated heterocycles. The molecule has 134 valence electrons. The van der Waals surface area contributed by atoms with Crippen LogP contribution in [0.2, 0.25) is 0 Å². The Balaban J connectivity index is 1.72. The van der Waals surface area contributed by atoms with Crippen molar-refractivity contribution in [2.75, 3.05) is 57.2 Å². The van der Waals surface area contributed by atoms with Gasteiger partial charge in [-0.2, -0.15) is 10.1 Å². The summed E-state index contributed by atoms with van der Waals surface area (Å²) in [5.41, 5.74) is 0.812. The Bertz CT molecular complexity index is 703. The second kappa shape index (κ2) is 7.98. The lowest BCUT2D eigenvalue weighted by Gasteiger charge is -2.34. The fourth-order valence-corrected chi connectivity index (χ4v) is 2.84. The number of nitrogens with zero attached hydrogens (tertiary/aromatic N) is 5. The topological polar surface area (TPSA) is 75.6 Å². The molecule has 0 amide bonds. The zero-order chi connectivity index (χ0) is 17.6. The van der Waals surface area contributed by atoms with Crippen molar-refractivity contribution in [2.45, 2.75) is 6.92 Å². The normalized spacial score (nSPS) is 15.1. The van der Waals surface area contributed by atoms with Gasteiger partial charge in [0.05, 0.1) is 20.4 Å². The van der Waals surface area contributed by atoms with E-state index >= 15 is 0 Å². The van der Waals surface area contributed by atoms with Gasteiger partial charge in [-0.05, 0) is 18.7 Å². The predicted octanol–water partition coefficient (Wildman–Crippen LogP) is 1.77. The molecule has 1 aromatic carbocycles. The average molecular weight is 344 g/mol. The lowest BCUT2D eigenvalue weighted by molar-refractivity contribution is 0.270. The molecule has 0 unspecified atom stereocenters. The molecule has 1 N–H and O–H groups in total. The van der Waals surface area contributed by atoms with Crippen molar-refractivity contribution < 1.29 is 9.47 Å². The van der Waals surface area contributed by atoms with Gasteiger partial charge in [-0.25, -0.2) is 0 Å². The van der Waals surface area contributed by atoms with Gasteiger partial charge in [0, 0.05) is 37.9 Å². The minimum absolute atomic E-state index is 0.461. The quantitative estimate of drug-likeness (QED) is 0.850. The molecular weight excluding hydrogens is 320 g/mol. The van der Waals surface area contributed by atoms with Crippen LogP contribution in [-0.4, -0.2) is 67.0 Å². The predicted molar refractivity (Wildman–Crippen MR) is 97.0 cm³/mol. The minimum Gasteiger partial charge on any atom is -0.493 e. The summed E-state index contributed by atoms with van der Waals surface area (Å²) in [4.78, 5) is 9.25. The van der Waals surface area contributed by atoms with Crippen molar-refractivity contribution in [3.63, 3.8) is 0 Å². The third kappa shape index (κ3) is 4.08. The highest BCUT2D eigenvalue weighted by Gasteiger charge is 2.17. The molecular formula is C17H24N6O2. The van der Waals surface area contributed by atoms with Crippen LogP contribution in [0, 0.1) is 0 Å². The van der Waals surface area contributed by atoms with Gasteiger partial charge in [-0.15, -0.1) is 5.10 Å². The Morgan fingerprint density at radius 1 is 1.08 bits per heavy atom. The number of hydrogen-bond acceptors (Lipinski definition) is 8. The summed E-state index contributed by atoms with van der Waals surface area (Å²) in [6, 6.07) is 5.56. The molecule has 0 aliphatic carbocycles. The SMILES string of the molecule is CCN1CCN(c2cnnc(Nc3ccc(OC)c(OC)c3)n2)CC1. The fraction of sp³-hybridized carbons (Fsp3) is 0.471. The number of hydrogen-bond donors (Lipinski definition) is 1. The van der Waals surface area contributed by atoms with Crippen LogP contribution in [0.3, 0.4) is 0 Å². The van der Waals surface area contributed by atoms with Gasteiger partial charge in [0.2, 0.25) is 5.95 Å². The van der Waals surface area contributed by atoms with E-state index in [0.717, 1.165) is 44.2 Å². The number of nitrogens with one attached hydrogen (secondary N) is 1. The highest BCUT2D eigenvalue weighted by Crippen LogP contribution is 2.30. The lowest BCUT2D eigenvalue weighted by Crippen LogP contribution is -2.46. The molecule has 0 saturated carbocycles. The fourth-order valence-electron chi connectivity index (χ4n) is 2.84. The molecule has 2 heterocycles. The lowest BCUT2D eigenvalue weighted by atomic mass is 10.3. The van der Waals surface area contributed by atoms with E-state index in [-0.39, 0.29) is 0 Å². The van der Waals surface area contributed by atoms with Gasteiger partial charge < -0.3 is 24.6 Å². The first-order valence-corrected chi connectivity index (χ1v) is 8.39. The van der Waals surface area contributed by atoms with Crippen LogP contribution >= 0.6 is 0 Å². The number of likely N-dealkylation sites (N-methyl/N-ethyl adjacent to an activating group) is 1. The van der Waals surface area contributed by atoms with Crippen LogP contribution in [0.15, 0.2) is 24.4 Å². The summed E-state index contributed by atoms with van der Waals surface area (Å²) in [6.45, 7) is 7.25. The molecule has 1 fully saturated rings. The van der Waals surface area contributed by atoms with Crippen molar-refractivity contribution in [2.24, 2.45) is 0 Å². The number of piperazine rings is 1. The Morgan fingerprint density at radius 3 is 2.52 bits per heavy atom. The standard InChI is InChI=1S/C17H24N6O2/c1-4-22-7-9-23(10-8-22)16-12-18-21-17(20-16)19-13-5-6-14(24-2)15(11-13)25-3/h5-6,11-12H,4,7-10H2,1-3H3,(H,19,20,21). The van der Waals surface area contributed by atoms with Crippen molar-refractivity contribution in [1.82, 2.24) is 20.1 Å². The Hall–Kier alpha value is -2.61. The highest BCUT2D eigenvalue weighted by atomic mass is 16.5. The van der Waals surface area contributed by atoms with E-state index in [1.807, 2.05) is 18.2 Å². The third-order valence-electron chi connectivity index (χ3n) is 4.33. The van der Waals surface area contributed by atoms with Crippen molar-refractivity contribution in [3.8, 4) is 11.5 Å². The maximum Gasteiger partial charge on any atom is 0.249 e. The second-order valence-corrected chi connectivity index (χ2v) is 5.75. The molecule has 0 spiro atoms. The average Bonchev–Trinajstić information content (AvgIpc) is 2.68. The molecule has 1 aliphatic rings. The van der Waals surface area contributed by atoms with E-state index in [4.69, 9.17) is 9.47 Å². The second-order valence-electron chi connectivity index (χ2n) is 5.75. The molecule has 0 radical (unpaired) electrons. The van der Waals surface area contributed by atoms with Crippen molar-refractivity contribution >= 4 is 17.5 Å². The van der Waals surface area contributed by atoms with Crippen LogP contribution in [0.25, 0.3) is 0 Å². The van der Waals surface area contributed by atoms with Crippen LogP contribution in [0.4, 0.5) is 17.5 Å². The first-order valence-electron chi connectivity index (χ1n) is 8.39. The van der Waals surface area contributed by atoms with Crippen LogP contribution < -0.4 is 19.7 Å². The summed E-state index contributed by atoms with van der Waals surface area (Å²) in [6.07, 6.45) is 1.71. The largest absolute Gasteiger partial charge is 0.493 e. The van der Waals surface area contributed by atoms with Gasteiger partial charge in [0.1, 0.15) is 0 Å². The van der Waals surface area contributed by atoms with Gasteiger partial charge in [-0.1, -0.05) is 6.92 Å². The monoisotopic (exact) mass is 344 g/mol. The molecule has 25 heavy (non-hydrogen) atoms. The smallest absolute Gasteiger partial charge is 0.249 e. The summed E-state index contributed by atoms with van der Waals surface area (Å²) >= 11 is 0. The van der Waals surface area contributed by atoms with Crippen LogP contribution in [-0.2, 0) is 0 Å². The minimum atomic E-state index is 0.461. The molecule has 3 rings (SSSR count). The first kappa shape index (κ1) is 17.2. The molecule has 0 atom stereocenters. The van der Waals surface area contributed by atoms with E-state index in [2.05, 4.69) is 37.2 Å². The Morgan fingerprint density at radius 2 is 1.84 bits per heavy atom. The molecule has 1 aliphatic heterocycles. The molecule has 8 nitrogen and oxygen atoms in total. The maximum atomic E-state index is 5.32. The number of methoxy groups -OCH3 is 2. The molecule has 0 bridgehead atoms. The first-order chi connectivity index (χ1) is 12.2. The number of ether oxygens (including phenoxy) is 2.